The van der Waals surface area contributed by atoms with Crippen molar-refractivity contribution in [2.75, 3.05) is 0 Å². The van der Waals surface area contributed by atoms with Crippen molar-refractivity contribution in [3.05, 3.63) is 38.7 Å². The average Bonchev–Trinajstić information content (AvgIpc) is 2.27. The predicted octanol–water partition coefficient (Wildman–Crippen LogP) is 4.38. The second-order valence-electron chi connectivity index (χ2n) is 4.65. The van der Waals surface area contributed by atoms with Crippen LogP contribution >= 0.6 is 11.6 Å². The van der Waals surface area contributed by atoms with Gasteiger partial charge in [-0.2, -0.15) is 5.26 Å². The van der Waals surface area contributed by atoms with E-state index in [0.717, 1.165) is 0 Å². The topological polar surface area (TPSA) is 72.5 Å². The van der Waals surface area contributed by atoms with Crippen molar-refractivity contribution in [1.82, 2.24) is 0 Å². The molecule has 0 spiro atoms. The van der Waals surface area contributed by atoms with Gasteiger partial charge in [-0.3, -0.25) is 0 Å². The normalized spacial score (nSPS) is 9.72. The molecule has 0 N–H and O–H groups in total. The SMILES string of the molecule is C[Si](C)(C)C#Cc1cc(C#N)c(Cl)cc1N=[N+]=[N-]. The van der Waals surface area contributed by atoms with Gasteiger partial charge < -0.3 is 0 Å². The standard InChI is InChI=1S/C12H11ClN4Si/c1-18(2,3)5-4-9-6-10(8-14)11(13)7-12(9)16-17-15/h6-7H,1-3H3. The van der Waals surface area contributed by atoms with Gasteiger partial charge in [0, 0.05) is 10.5 Å². The molecule has 0 amide bonds. The number of nitriles is 1. The average molecular weight is 275 g/mol. The minimum Gasteiger partial charge on any atom is -0.192 e. The lowest BCUT2D eigenvalue weighted by Crippen LogP contribution is -2.16. The Hall–Kier alpha value is -1.91. The second kappa shape index (κ2) is 5.62. The first-order chi connectivity index (χ1) is 8.37. The fraction of sp³-hybridized carbons (Fsp3) is 0.250. The number of nitrogens with zero attached hydrogens (tertiary/aromatic N) is 4. The summed E-state index contributed by atoms with van der Waals surface area (Å²) in [5.74, 6) is 2.98. The van der Waals surface area contributed by atoms with E-state index in [1.807, 2.05) is 6.07 Å². The van der Waals surface area contributed by atoms with E-state index in [-0.39, 0.29) is 5.02 Å². The van der Waals surface area contributed by atoms with Crippen molar-refractivity contribution in [3.8, 4) is 17.5 Å². The van der Waals surface area contributed by atoms with E-state index in [1.54, 1.807) is 6.07 Å². The maximum Gasteiger partial charge on any atom is 0.129 e. The molecular formula is C12H11ClN4Si. The van der Waals surface area contributed by atoms with Crippen LogP contribution in [0.3, 0.4) is 0 Å². The van der Waals surface area contributed by atoms with Gasteiger partial charge >= 0.3 is 0 Å². The van der Waals surface area contributed by atoms with E-state index in [0.29, 0.717) is 16.8 Å². The molecule has 0 aliphatic heterocycles. The van der Waals surface area contributed by atoms with Crippen molar-refractivity contribution in [1.29, 1.82) is 5.26 Å². The first-order valence-electron chi connectivity index (χ1n) is 5.19. The quantitative estimate of drug-likeness (QED) is 0.246. The largest absolute Gasteiger partial charge is 0.192 e. The van der Waals surface area contributed by atoms with Gasteiger partial charge in [0.05, 0.1) is 16.3 Å². The smallest absolute Gasteiger partial charge is 0.129 e. The van der Waals surface area contributed by atoms with E-state index in [1.165, 1.54) is 6.07 Å². The molecule has 0 atom stereocenters. The van der Waals surface area contributed by atoms with E-state index in [4.69, 9.17) is 22.4 Å². The predicted molar refractivity (Wildman–Crippen MR) is 75.2 cm³/mol. The van der Waals surface area contributed by atoms with Crippen molar-refractivity contribution >= 4 is 25.4 Å². The molecule has 0 saturated carbocycles. The molecule has 4 nitrogen and oxygen atoms in total. The van der Waals surface area contributed by atoms with Crippen molar-refractivity contribution in [2.24, 2.45) is 5.11 Å². The summed E-state index contributed by atoms with van der Waals surface area (Å²) in [6.07, 6.45) is 0. The summed E-state index contributed by atoms with van der Waals surface area (Å²) < 4.78 is 0. The Morgan fingerprint density at radius 1 is 1.33 bits per heavy atom. The summed E-state index contributed by atoms with van der Waals surface area (Å²) in [7, 11) is -1.54. The molecule has 6 heteroatoms. The summed E-state index contributed by atoms with van der Waals surface area (Å²) >= 11 is 5.88. The molecule has 90 valence electrons. The van der Waals surface area contributed by atoms with Crippen molar-refractivity contribution in [2.45, 2.75) is 19.6 Å². The van der Waals surface area contributed by atoms with Crippen LogP contribution in [0.15, 0.2) is 17.2 Å². The van der Waals surface area contributed by atoms with Gasteiger partial charge in [0.15, 0.2) is 0 Å². The Morgan fingerprint density at radius 3 is 2.50 bits per heavy atom. The first-order valence-corrected chi connectivity index (χ1v) is 9.07. The van der Waals surface area contributed by atoms with Crippen molar-refractivity contribution < 1.29 is 0 Å². The molecule has 18 heavy (non-hydrogen) atoms. The van der Waals surface area contributed by atoms with E-state index in [9.17, 15) is 0 Å². The van der Waals surface area contributed by atoms with E-state index in [2.05, 4.69) is 41.1 Å². The van der Waals surface area contributed by atoms with Crippen LogP contribution in [-0.2, 0) is 0 Å². The molecule has 0 aromatic heterocycles. The summed E-state index contributed by atoms with van der Waals surface area (Å²) in [6.45, 7) is 6.32. The number of halogens is 1. The van der Waals surface area contributed by atoms with Gasteiger partial charge in [-0.25, -0.2) is 0 Å². The zero-order valence-corrected chi connectivity index (χ0v) is 12.1. The monoisotopic (exact) mass is 274 g/mol. The first kappa shape index (κ1) is 14.1. The zero-order valence-electron chi connectivity index (χ0n) is 10.3. The maximum absolute atomic E-state index is 8.91. The van der Waals surface area contributed by atoms with Gasteiger partial charge in [-0.15, -0.1) is 5.54 Å². The number of hydrogen-bond acceptors (Lipinski definition) is 2. The molecule has 0 aliphatic carbocycles. The summed E-state index contributed by atoms with van der Waals surface area (Å²) in [6, 6.07) is 5.00. The summed E-state index contributed by atoms with van der Waals surface area (Å²) in [5.41, 5.74) is 12.9. The molecule has 0 bridgehead atoms. The van der Waals surface area contributed by atoms with Crippen LogP contribution in [0.25, 0.3) is 10.4 Å². The number of rotatable bonds is 1. The van der Waals surface area contributed by atoms with Gasteiger partial charge in [-0.05, 0) is 17.7 Å². The third-order valence-electron chi connectivity index (χ3n) is 1.93. The van der Waals surface area contributed by atoms with Gasteiger partial charge in [-0.1, -0.05) is 42.3 Å². The Kier molecular flexibility index (Phi) is 4.42. The highest BCUT2D eigenvalue weighted by Crippen LogP contribution is 2.27. The lowest BCUT2D eigenvalue weighted by molar-refractivity contribution is 1.42. The molecule has 1 aromatic carbocycles. The highest BCUT2D eigenvalue weighted by molar-refractivity contribution is 6.83. The number of benzene rings is 1. The lowest BCUT2D eigenvalue weighted by atomic mass is 10.1. The Balaban J connectivity index is 3.44. The van der Waals surface area contributed by atoms with E-state index >= 15 is 0 Å². The number of hydrogen-bond donors (Lipinski definition) is 0. The molecule has 1 aromatic rings. The van der Waals surface area contributed by atoms with Gasteiger partial charge in [0.2, 0.25) is 0 Å². The van der Waals surface area contributed by atoms with Crippen LogP contribution in [0.5, 0.6) is 0 Å². The lowest BCUT2D eigenvalue weighted by Gasteiger charge is -2.05. The molecular weight excluding hydrogens is 264 g/mol. The zero-order chi connectivity index (χ0) is 13.8. The molecule has 0 radical (unpaired) electrons. The maximum atomic E-state index is 8.91. The second-order valence-corrected chi connectivity index (χ2v) is 9.81. The van der Waals surface area contributed by atoms with Crippen molar-refractivity contribution in [3.63, 3.8) is 0 Å². The molecule has 1 rings (SSSR count). The number of azide groups is 1. The van der Waals surface area contributed by atoms with Crippen LogP contribution in [0, 0.1) is 22.8 Å². The van der Waals surface area contributed by atoms with Crippen LogP contribution in [-0.4, -0.2) is 8.07 Å². The van der Waals surface area contributed by atoms with Gasteiger partial charge in [0.25, 0.3) is 0 Å². The molecule has 0 heterocycles. The van der Waals surface area contributed by atoms with E-state index < -0.39 is 8.07 Å². The molecule has 0 aliphatic rings. The fourth-order valence-corrected chi connectivity index (χ4v) is 1.84. The minimum absolute atomic E-state index is 0.262. The fourth-order valence-electron chi connectivity index (χ4n) is 1.13. The summed E-state index contributed by atoms with van der Waals surface area (Å²) in [4.78, 5) is 2.73. The highest BCUT2D eigenvalue weighted by atomic mass is 35.5. The highest BCUT2D eigenvalue weighted by Gasteiger charge is 2.09. The van der Waals surface area contributed by atoms with Crippen LogP contribution in [0.4, 0.5) is 5.69 Å². The van der Waals surface area contributed by atoms with Gasteiger partial charge in [0.1, 0.15) is 14.1 Å². The van der Waals surface area contributed by atoms with Crippen LogP contribution in [0.2, 0.25) is 24.7 Å². The Bertz CT molecular complexity index is 622. The molecule has 0 unspecified atom stereocenters. The Morgan fingerprint density at radius 2 is 2.00 bits per heavy atom. The van der Waals surface area contributed by atoms with Crippen LogP contribution in [0.1, 0.15) is 11.1 Å². The molecule has 0 fully saturated rings. The summed E-state index contributed by atoms with van der Waals surface area (Å²) in [5, 5.41) is 12.7. The Labute approximate surface area is 112 Å². The third-order valence-corrected chi connectivity index (χ3v) is 3.12. The minimum atomic E-state index is -1.54. The molecule has 0 saturated heterocycles. The van der Waals surface area contributed by atoms with Crippen LogP contribution < -0.4 is 0 Å². The third kappa shape index (κ3) is 3.83.